The van der Waals surface area contributed by atoms with Gasteiger partial charge in [-0.15, -0.1) is 0 Å². The predicted octanol–water partition coefficient (Wildman–Crippen LogP) is 10.9. The summed E-state index contributed by atoms with van der Waals surface area (Å²) in [4.78, 5) is 0. The van der Waals surface area contributed by atoms with Crippen molar-refractivity contribution in [3.8, 4) is 11.5 Å². The lowest BCUT2D eigenvalue weighted by atomic mass is 9.84. The van der Waals surface area contributed by atoms with Gasteiger partial charge in [-0.05, 0) is 158 Å². The van der Waals surface area contributed by atoms with Crippen LogP contribution in [0.15, 0.2) is 121 Å². The summed E-state index contributed by atoms with van der Waals surface area (Å²) in [7, 11) is 0. The topological polar surface area (TPSA) is 40.5 Å². The molecule has 0 spiro atoms. The molecule has 2 nitrogen and oxygen atoms in total. The summed E-state index contributed by atoms with van der Waals surface area (Å²) < 4.78 is 0. The van der Waals surface area contributed by atoms with E-state index < -0.39 is 0 Å². The van der Waals surface area contributed by atoms with Crippen LogP contribution in [0.2, 0.25) is 0 Å². The zero-order chi connectivity index (χ0) is 27.7. The first-order valence-corrected chi connectivity index (χ1v) is 14.3. The summed E-state index contributed by atoms with van der Waals surface area (Å²) in [5.41, 5.74) is 0. The van der Waals surface area contributed by atoms with Crippen molar-refractivity contribution >= 4 is 97.0 Å². The van der Waals surface area contributed by atoms with Crippen molar-refractivity contribution in [2.45, 2.75) is 0 Å². The van der Waals surface area contributed by atoms with E-state index in [2.05, 4.69) is 97.1 Å². The average Bonchev–Trinajstić information content (AvgIpc) is 2.99. The van der Waals surface area contributed by atoms with Crippen molar-refractivity contribution in [2.75, 3.05) is 0 Å². The van der Waals surface area contributed by atoms with Gasteiger partial charge in [0, 0.05) is 0 Å². The van der Waals surface area contributed by atoms with Crippen LogP contribution in [-0.2, 0) is 0 Å². The van der Waals surface area contributed by atoms with E-state index in [0.29, 0.717) is 0 Å². The van der Waals surface area contributed by atoms with Crippen molar-refractivity contribution in [3.05, 3.63) is 121 Å². The Bertz CT molecular complexity index is 2810. The highest BCUT2D eigenvalue weighted by atomic mass is 16.3. The van der Waals surface area contributed by atoms with E-state index in [0.717, 1.165) is 64.6 Å². The van der Waals surface area contributed by atoms with Crippen molar-refractivity contribution in [2.24, 2.45) is 0 Å². The van der Waals surface area contributed by atoms with Crippen LogP contribution in [0.4, 0.5) is 0 Å². The quantitative estimate of drug-likeness (QED) is 0.150. The summed E-state index contributed by atoms with van der Waals surface area (Å²) in [6.07, 6.45) is 0. The number of fused-ring (bicyclic) bond motifs is 10. The van der Waals surface area contributed by atoms with Gasteiger partial charge in [0.15, 0.2) is 0 Å². The summed E-state index contributed by atoms with van der Waals surface area (Å²) >= 11 is 0. The van der Waals surface area contributed by atoms with Gasteiger partial charge in [-0.25, -0.2) is 0 Å². The second-order valence-electron chi connectivity index (χ2n) is 11.7. The first-order chi connectivity index (χ1) is 20.6. The monoisotopic (exact) mass is 534 g/mol. The first-order valence-electron chi connectivity index (χ1n) is 14.3. The van der Waals surface area contributed by atoms with Gasteiger partial charge < -0.3 is 10.2 Å². The highest BCUT2D eigenvalue weighted by Gasteiger charge is 2.20. The zero-order valence-corrected chi connectivity index (χ0v) is 22.4. The Labute approximate surface area is 239 Å². The molecule has 0 bridgehead atoms. The number of benzene rings is 10. The van der Waals surface area contributed by atoms with E-state index in [-0.39, 0.29) is 11.5 Å². The highest BCUT2D eigenvalue weighted by Crippen LogP contribution is 2.49. The third kappa shape index (κ3) is 2.78. The van der Waals surface area contributed by atoms with Crippen molar-refractivity contribution in [1.82, 2.24) is 0 Å². The predicted molar refractivity (Wildman–Crippen MR) is 179 cm³/mol. The number of phenolic OH excluding ortho intramolecular Hbond substituents is 2. The molecular formula is C40H22O2. The summed E-state index contributed by atoms with van der Waals surface area (Å²) in [5, 5.41) is 42.4. The minimum atomic E-state index is 0.252. The van der Waals surface area contributed by atoms with Crippen LogP contribution in [-0.4, -0.2) is 10.2 Å². The van der Waals surface area contributed by atoms with Gasteiger partial charge in [-0.3, -0.25) is 0 Å². The van der Waals surface area contributed by atoms with Crippen LogP contribution in [0.5, 0.6) is 11.5 Å². The molecule has 0 atom stereocenters. The van der Waals surface area contributed by atoms with E-state index in [9.17, 15) is 10.2 Å². The van der Waals surface area contributed by atoms with E-state index >= 15 is 0 Å². The fraction of sp³-hybridized carbons (Fsp3) is 0. The Hall–Kier alpha value is -5.60. The molecule has 10 aromatic carbocycles. The molecule has 0 amide bonds. The second kappa shape index (κ2) is 7.57. The first kappa shape index (κ1) is 22.1. The third-order valence-corrected chi connectivity index (χ3v) is 9.34. The van der Waals surface area contributed by atoms with Gasteiger partial charge in [0.25, 0.3) is 0 Å². The molecule has 2 N–H and O–H groups in total. The molecule has 0 saturated carbocycles. The second-order valence-corrected chi connectivity index (χ2v) is 11.7. The molecule has 194 valence electrons. The zero-order valence-electron chi connectivity index (χ0n) is 22.4. The number of phenols is 2. The number of hydrogen-bond donors (Lipinski definition) is 2. The van der Waals surface area contributed by atoms with E-state index in [1.807, 2.05) is 24.3 Å². The number of rotatable bonds is 0. The fourth-order valence-electron chi connectivity index (χ4n) is 7.64. The van der Waals surface area contributed by atoms with Gasteiger partial charge in [-0.2, -0.15) is 0 Å². The maximum absolute atomic E-state index is 11.1. The molecule has 42 heavy (non-hydrogen) atoms. The Morgan fingerprint density at radius 1 is 0.262 bits per heavy atom. The molecule has 0 aromatic heterocycles. The van der Waals surface area contributed by atoms with Crippen molar-refractivity contribution in [1.29, 1.82) is 0 Å². The van der Waals surface area contributed by atoms with Crippen LogP contribution < -0.4 is 0 Å². The molecule has 10 aromatic rings. The standard InChI is InChI=1S/C40H22O2/c41-29-15-27-14-26-13-24-11-22-6-1-2-7-23(22)12-25(24)17-33(26)40-36-20-30(42)16-28-18-34-31-8-4-3-5-21(31)9-10-32(34)39(38(28)36)35(19-29)37(27)40/h1-20,41-42H. The van der Waals surface area contributed by atoms with Crippen molar-refractivity contribution in [3.63, 3.8) is 0 Å². The molecule has 2 heteroatoms. The van der Waals surface area contributed by atoms with Crippen LogP contribution in [0.1, 0.15) is 0 Å². The maximum Gasteiger partial charge on any atom is 0.116 e. The average molecular weight is 535 g/mol. The lowest BCUT2D eigenvalue weighted by Crippen LogP contribution is -1.91. The van der Waals surface area contributed by atoms with Gasteiger partial charge in [0.2, 0.25) is 0 Å². The minimum absolute atomic E-state index is 0.252. The number of aromatic hydroxyl groups is 2. The smallest absolute Gasteiger partial charge is 0.116 e. The van der Waals surface area contributed by atoms with E-state index in [1.54, 1.807) is 0 Å². The Balaban J connectivity index is 1.51. The third-order valence-electron chi connectivity index (χ3n) is 9.34. The molecule has 0 aliphatic carbocycles. The Morgan fingerprint density at radius 2 is 0.786 bits per heavy atom. The normalized spacial score (nSPS) is 12.5. The molecule has 0 heterocycles. The van der Waals surface area contributed by atoms with Crippen molar-refractivity contribution < 1.29 is 10.2 Å². The molecule has 0 radical (unpaired) electrons. The largest absolute Gasteiger partial charge is 0.508 e. The molecule has 0 unspecified atom stereocenters. The summed E-state index contributed by atoms with van der Waals surface area (Å²) in [6.45, 7) is 0. The van der Waals surface area contributed by atoms with Crippen LogP contribution in [0, 0.1) is 0 Å². The Morgan fingerprint density at radius 3 is 1.50 bits per heavy atom. The summed E-state index contributed by atoms with van der Waals surface area (Å²) in [6, 6.07) is 42.4. The molecule has 0 fully saturated rings. The summed E-state index contributed by atoms with van der Waals surface area (Å²) in [5.74, 6) is 0.505. The van der Waals surface area contributed by atoms with Crippen LogP contribution in [0.25, 0.3) is 97.0 Å². The van der Waals surface area contributed by atoms with Crippen LogP contribution >= 0.6 is 0 Å². The maximum atomic E-state index is 11.1. The SMILES string of the molecule is Oc1cc2cc3c4ccccc4ccc3c3c4cc(O)cc5cc6cc7cc8ccccc8cc7cc6c(c(c1)c23)c54. The van der Waals surface area contributed by atoms with E-state index in [4.69, 9.17) is 0 Å². The molecule has 0 aliphatic heterocycles. The molecular weight excluding hydrogens is 512 g/mol. The van der Waals surface area contributed by atoms with Gasteiger partial charge in [0.1, 0.15) is 11.5 Å². The van der Waals surface area contributed by atoms with Crippen LogP contribution in [0.3, 0.4) is 0 Å². The van der Waals surface area contributed by atoms with Gasteiger partial charge in [0.05, 0.1) is 0 Å². The van der Waals surface area contributed by atoms with Gasteiger partial charge >= 0.3 is 0 Å². The van der Waals surface area contributed by atoms with E-state index in [1.165, 1.54) is 32.3 Å². The Kier molecular flexibility index (Phi) is 3.99. The lowest BCUT2D eigenvalue weighted by molar-refractivity contribution is 0.476. The minimum Gasteiger partial charge on any atom is -0.508 e. The van der Waals surface area contributed by atoms with Gasteiger partial charge in [-0.1, -0.05) is 60.7 Å². The molecule has 0 aliphatic rings. The number of hydrogen-bond acceptors (Lipinski definition) is 2. The molecule has 0 saturated heterocycles. The fourth-order valence-corrected chi connectivity index (χ4v) is 7.64. The highest BCUT2D eigenvalue weighted by molar-refractivity contribution is 6.43. The lowest BCUT2D eigenvalue weighted by Gasteiger charge is -2.20. The molecule has 10 rings (SSSR count).